The highest BCUT2D eigenvalue weighted by Crippen LogP contribution is 2.23. The van der Waals surface area contributed by atoms with Gasteiger partial charge in [-0.05, 0) is 30.2 Å². The van der Waals surface area contributed by atoms with Crippen LogP contribution in [-0.2, 0) is 20.7 Å². The molecule has 1 amide bonds. The molecule has 0 aliphatic heterocycles. The zero-order chi connectivity index (χ0) is 20.1. The Morgan fingerprint density at radius 3 is 2.44 bits per heavy atom. The molecule has 0 saturated heterocycles. The number of nitrogens with one attached hydrogen (secondary N) is 1. The van der Waals surface area contributed by atoms with E-state index in [0.717, 1.165) is 11.1 Å². The highest BCUT2D eigenvalue weighted by Gasteiger charge is 2.11. The van der Waals surface area contributed by atoms with E-state index >= 15 is 0 Å². The van der Waals surface area contributed by atoms with E-state index in [2.05, 4.69) is 11.9 Å². The summed E-state index contributed by atoms with van der Waals surface area (Å²) in [6, 6.07) is 14.6. The average Bonchev–Trinajstić information content (AvgIpc) is 2.69. The fourth-order valence-corrected chi connectivity index (χ4v) is 2.19. The summed E-state index contributed by atoms with van der Waals surface area (Å²) >= 11 is 0. The molecule has 27 heavy (non-hydrogen) atoms. The van der Waals surface area contributed by atoms with Gasteiger partial charge in [0.2, 0.25) is 0 Å². The van der Waals surface area contributed by atoms with E-state index in [1.807, 2.05) is 45.0 Å². The number of hydrogen-bond acceptors (Lipinski definition) is 4. The fourth-order valence-electron chi connectivity index (χ4n) is 2.19. The third kappa shape index (κ3) is 7.77. The highest BCUT2D eigenvalue weighted by molar-refractivity contribution is 5.94. The van der Waals surface area contributed by atoms with Gasteiger partial charge in [-0.3, -0.25) is 9.59 Å². The Morgan fingerprint density at radius 2 is 1.74 bits per heavy atom. The van der Waals surface area contributed by atoms with Gasteiger partial charge in [0.1, 0.15) is 12.4 Å². The number of carbonyl (C=O) groups excluding carboxylic acids is 2. The Kier molecular flexibility index (Phi) is 10.0. The number of anilines is 1. The smallest absolute Gasteiger partial charge is 0.310 e. The summed E-state index contributed by atoms with van der Waals surface area (Å²) in [5.74, 6) is -0.338. The monoisotopic (exact) mass is 369 g/mol. The molecule has 2 rings (SSSR count). The number of amides is 1. The fraction of sp³-hybridized carbons (Fsp3) is 0.273. The second-order valence-electron chi connectivity index (χ2n) is 5.41. The molecule has 5 heteroatoms. The van der Waals surface area contributed by atoms with Crippen LogP contribution < -0.4 is 10.1 Å². The van der Waals surface area contributed by atoms with Crippen LogP contribution in [0.2, 0.25) is 0 Å². The Balaban J connectivity index is 0.00000176. The molecule has 0 unspecified atom stereocenters. The van der Waals surface area contributed by atoms with Gasteiger partial charge in [-0.15, -0.1) is 0 Å². The number of aryl methyl sites for hydroxylation is 1. The highest BCUT2D eigenvalue weighted by atomic mass is 16.5. The molecule has 0 bridgehead atoms. The molecule has 0 heterocycles. The maximum absolute atomic E-state index is 12.0. The van der Waals surface area contributed by atoms with E-state index in [0.29, 0.717) is 18.0 Å². The number of para-hydroxylation sites is 2. The van der Waals surface area contributed by atoms with Crippen LogP contribution in [0, 0.1) is 6.92 Å². The van der Waals surface area contributed by atoms with Crippen LogP contribution >= 0.6 is 0 Å². The van der Waals surface area contributed by atoms with Crippen molar-refractivity contribution in [3.05, 3.63) is 72.3 Å². The van der Waals surface area contributed by atoms with E-state index in [9.17, 15) is 9.59 Å². The third-order valence-electron chi connectivity index (χ3n) is 3.48. The van der Waals surface area contributed by atoms with Crippen molar-refractivity contribution in [2.45, 2.75) is 27.2 Å². The van der Waals surface area contributed by atoms with Crippen molar-refractivity contribution >= 4 is 17.6 Å². The van der Waals surface area contributed by atoms with E-state index < -0.39 is 11.9 Å². The standard InChI is InChI=1S/C20H21NO4.C2H6/c1-3-12-24-18-11-7-6-10-17(18)21-19(22)14-25-20(23)13-16-9-5-4-8-15(16)2;1-2/h3-11H,1,12-14H2,2H3,(H,21,22);1-2H3. The third-order valence-corrected chi connectivity index (χ3v) is 3.48. The normalized spacial score (nSPS) is 9.44. The predicted molar refractivity (Wildman–Crippen MR) is 108 cm³/mol. The lowest BCUT2D eigenvalue weighted by molar-refractivity contribution is -0.146. The first-order valence-corrected chi connectivity index (χ1v) is 8.93. The molecule has 5 nitrogen and oxygen atoms in total. The molecule has 1 N–H and O–H groups in total. The summed E-state index contributed by atoms with van der Waals surface area (Å²) in [7, 11) is 0. The van der Waals surface area contributed by atoms with Crippen molar-refractivity contribution in [2.24, 2.45) is 0 Å². The molecule has 0 aromatic heterocycles. The van der Waals surface area contributed by atoms with Crippen molar-refractivity contribution in [1.29, 1.82) is 0 Å². The molecule has 0 aliphatic carbocycles. The van der Waals surface area contributed by atoms with Crippen molar-refractivity contribution < 1.29 is 19.1 Å². The first-order chi connectivity index (χ1) is 13.1. The van der Waals surface area contributed by atoms with Gasteiger partial charge in [-0.1, -0.05) is 62.9 Å². The lowest BCUT2D eigenvalue weighted by Gasteiger charge is -2.11. The summed E-state index contributed by atoms with van der Waals surface area (Å²) in [5.41, 5.74) is 2.41. The maximum Gasteiger partial charge on any atom is 0.310 e. The van der Waals surface area contributed by atoms with Gasteiger partial charge >= 0.3 is 5.97 Å². The van der Waals surface area contributed by atoms with Crippen LogP contribution in [0.25, 0.3) is 0 Å². The van der Waals surface area contributed by atoms with Crippen molar-refractivity contribution in [3.63, 3.8) is 0 Å². The second kappa shape index (κ2) is 12.3. The van der Waals surface area contributed by atoms with E-state index in [1.54, 1.807) is 30.3 Å². The minimum absolute atomic E-state index is 0.138. The van der Waals surface area contributed by atoms with E-state index in [4.69, 9.17) is 9.47 Å². The number of hydrogen-bond donors (Lipinski definition) is 1. The molecule has 0 saturated carbocycles. The van der Waals surface area contributed by atoms with Crippen LogP contribution in [0.4, 0.5) is 5.69 Å². The first-order valence-electron chi connectivity index (χ1n) is 8.93. The molecular formula is C22H27NO4. The Labute approximate surface area is 161 Å². The quantitative estimate of drug-likeness (QED) is 0.556. The Hall–Kier alpha value is -3.08. The summed E-state index contributed by atoms with van der Waals surface area (Å²) in [4.78, 5) is 23.9. The van der Waals surface area contributed by atoms with Gasteiger partial charge in [-0.25, -0.2) is 0 Å². The average molecular weight is 369 g/mol. The summed E-state index contributed by atoms with van der Waals surface area (Å²) in [5, 5.41) is 2.67. The Morgan fingerprint density at radius 1 is 1.07 bits per heavy atom. The molecule has 0 spiro atoms. The minimum atomic E-state index is -0.444. The van der Waals surface area contributed by atoms with Crippen LogP contribution in [-0.4, -0.2) is 25.1 Å². The lowest BCUT2D eigenvalue weighted by Crippen LogP contribution is -2.22. The van der Waals surface area contributed by atoms with E-state index in [1.165, 1.54) is 0 Å². The molecule has 144 valence electrons. The Bertz CT molecular complexity index is 755. The van der Waals surface area contributed by atoms with Gasteiger partial charge in [0.25, 0.3) is 5.91 Å². The number of benzene rings is 2. The van der Waals surface area contributed by atoms with Gasteiger partial charge in [0.15, 0.2) is 6.61 Å². The molecule has 0 fully saturated rings. The number of carbonyl (C=O) groups is 2. The SMILES string of the molecule is C=CCOc1ccccc1NC(=O)COC(=O)Cc1ccccc1C.CC. The van der Waals surface area contributed by atoms with Crippen LogP contribution in [0.3, 0.4) is 0 Å². The van der Waals surface area contributed by atoms with Gasteiger partial charge in [0, 0.05) is 0 Å². The lowest BCUT2D eigenvalue weighted by atomic mass is 10.1. The van der Waals surface area contributed by atoms with Crippen molar-refractivity contribution in [3.8, 4) is 5.75 Å². The molecule has 0 atom stereocenters. The minimum Gasteiger partial charge on any atom is -0.487 e. The van der Waals surface area contributed by atoms with Gasteiger partial charge in [-0.2, -0.15) is 0 Å². The molecule has 2 aromatic carbocycles. The zero-order valence-corrected chi connectivity index (χ0v) is 16.2. The summed E-state index contributed by atoms with van der Waals surface area (Å²) in [6.07, 6.45) is 1.75. The molecular weight excluding hydrogens is 342 g/mol. The number of ether oxygens (including phenoxy) is 2. The molecule has 0 aliphatic rings. The first kappa shape index (κ1) is 22.0. The molecule has 2 aromatic rings. The zero-order valence-electron chi connectivity index (χ0n) is 16.2. The largest absolute Gasteiger partial charge is 0.487 e. The number of rotatable bonds is 8. The van der Waals surface area contributed by atoms with Crippen molar-refractivity contribution in [2.75, 3.05) is 18.5 Å². The van der Waals surface area contributed by atoms with Gasteiger partial charge < -0.3 is 14.8 Å². The molecule has 0 radical (unpaired) electrons. The summed E-state index contributed by atoms with van der Waals surface area (Å²) in [6.45, 7) is 9.50. The number of esters is 1. The topological polar surface area (TPSA) is 64.6 Å². The maximum atomic E-state index is 12.0. The predicted octanol–water partition coefficient (Wildman–Crippen LogP) is 4.31. The van der Waals surface area contributed by atoms with Crippen LogP contribution in [0.1, 0.15) is 25.0 Å². The summed E-state index contributed by atoms with van der Waals surface area (Å²) < 4.78 is 10.5. The van der Waals surface area contributed by atoms with Gasteiger partial charge in [0.05, 0.1) is 12.1 Å². The van der Waals surface area contributed by atoms with Crippen molar-refractivity contribution in [1.82, 2.24) is 0 Å². The second-order valence-corrected chi connectivity index (χ2v) is 5.41. The van der Waals surface area contributed by atoms with Crippen LogP contribution in [0.5, 0.6) is 5.75 Å². The van der Waals surface area contributed by atoms with Crippen LogP contribution in [0.15, 0.2) is 61.2 Å². The van der Waals surface area contributed by atoms with E-state index in [-0.39, 0.29) is 13.0 Å².